The molecule has 2 unspecified atom stereocenters. The molecule has 0 spiro atoms. The van der Waals surface area contributed by atoms with E-state index in [4.69, 9.17) is 10.5 Å². The number of nitrogens with two attached hydrogens (primary N) is 1. The average Bonchev–Trinajstić information content (AvgIpc) is 3.41. The number of esters is 1. The van der Waals surface area contributed by atoms with Crippen LogP contribution in [-0.4, -0.2) is 53.1 Å². The van der Waals surface area contributed by atoms with Crippen molar-refractivity contribution >= 4 is 11.9 Å². The number of hydrogen-bond acceptors (Lipinski definition) is 6. The molecule has 168 valence electrons. The van der Waals surface area contributed by atoms with Gasteiger partial charge < -0.3 is 20.7 Å². The van der Waals surface area contributed by atoms with E-state index in [1.165, 1.54) is 6.42 Å². The number of rotatable bonds is 4. The third-order valence-corrected chi connectivity index (χ3v) is 9.40. The van der Waals surface area contributed by atoms with Crippen LogP contribution in [0.5, 0.6) is 0 Å². The summed E-state index contributed by atoms with van der Waals surface area (Å²) in [5.41, 5.74) is 6.02. The average molecular weight is 427 g/mol. The van der Waals surface area contributed by atoms with Crippen molar-refractivity contribution < 1.29 is 14.3 Å². The van der Waals surface area contributed by atoms with Crippen LogP contribution in [0.15, 0.2) is 0 Å². The number of carbonyl (C=O) groups excluding carboxylic acids is 2. The van der Waals surface area contributed by atoms with E-state index in [0.29, 0.717) is 24.2 Å². The van der Waals surface area contributed by atoms with Crippen LogP contribution in [0.3, 0.4) is 0 Å². The molecule has 0 aromatic rings. The van der Waals surface area contributed by atoms with Crippen molar-refractivity contribution in [3.63, 3.8) is 0 Å². The molecule has 0 aromatic carbocycles. The van der Waals surface area contributed by atoms with Crippen molar-refractivity contribution in [3.05, 3.63) is 0 Å². The van der Waals surface area contributed by atoms with Gasteiger partial charge in [0.25, 0.3) is 0 Å². The first-order valence-corrected chi connectivity index (χ1v) is 12.4. The number of nitrogens with one attached hydrogen (secondary N) is 1. The van der Waals surface area contributed by atoms with Gasteiger partial charge in [-0.1, -0.05) is 6.42 Å². The molecule has 7 heteroatoms. The fraction of sp³-hybridized carbons (Fsp3) is 0.875. The molecular formula is C24H34N4O3. The molecule has 7 fully saturated rings. The molecule has 2 aliphatic heterocycles. The van der Waals surface area contributed by atoms with E-state index in [1.807, 2.05) is 4.90 Å². The highest BCUT2D eigenvalue weighted by Crippen LogP contribution is 2.64. The zero-order chi connectivity index (χ0) is 21.4. The van der Waals surface area contributed by atoms with E-state index in [0.717, 1.165) is 64.3 Å². The summed E-state index contributed by atoms with van der Waals surface area (Å²) in [6.45, 7) is 0.874. The Morgan fingerprint density at radius 1 is 1.13 bits per heavy atom. The summed E-state index contributed by atoms with van der Waals surface area (Å²) in [5, 5.41) is 12.9. The van der Waals surface area contributed by atoms with Crippen LogP contribution in [-0.2, 0) is 14.3 Å². The number of amides is 1. The Balaban J connectivity index is 1.23. The molecule has 7 rings (SSSR count). The molecule has 1 amide bonds. The summed E-state index contributed by atoms with van der Waals surface area (Å²) in [6.07, 6.45) is 10.5. The highest BCUT2D eigenvalue weighted by atomic mass is 16.6. The molecule has 5 saturated carbocycles. The van der Waals surface area contributed by atoms with Gasteiger partial charge in [0.1, 0.15) is 17.7 Å². The van der Waals surface area contributed by atoms with E-state index in [2.05, 4.69) is 11.4 Å². The van der Waals surface area contributed by atoms with E-state index in [9.17, 15) is 14.9 Å². The second-order valence-electron chi connectivity index (χ2n) is 11.6. The van der Waals surface area contributed by atoms with Crippen LogP contribution in [0.2, 0.25) is 0 Å². The Bertz CT molecular complexity index is 817. The SMILES string of the molecule is N#C[C@@H]1C[C@@H]2C[C@@H]2N1C(=O)[C@@H](N)C12CC3CC(CC(OC(=O)[C@H]4CCCCN4)(C3)C1)C2. The third kappa shape index (κ3) is 3.13. The summed E-state index contributed by atoms with van der Waals surface area (Å²) < 4.78 is 6.31. The van der Waals surface area contributed by atoms with E-state index in [-0.39, 0.29) is 35.4 Å². The molecular weight excluding hydrogens is 392 g/mol. The van der Waals surface area contributed by atoms with Gasteiger partial charge in [0.2, 0.25) is 5.91 Å². The lowest BCUT2D eigenvalue weighted by Crippen LogP contribution is -2.66. The van der Waals surface area contributed by atoms with Gasteiger partial charge in [0.05, 0.1) is 12.1 Å². The van der Waals surface area contributed by atoms with Crippen LogP contribution in [0, 0.1) is 34.5 Å². The predicted octanol–water partition coefficient (Wildman–Crippen LogP) is 1.85. The summed E-state index contributed by atoms with van der Waals surface area (Å²) in [4.78, 5) is 28.4. The Morgan fingerprint density at radius 3 is 2.58 bits per heavy atom. The lowest BCUT2D eigenvalue weighted by molar-refractivity contribution is -0.207. The second-order valence-corrected chi connectivity index (χ2v) is 11.6. The zero-order valence-electron chi connectivity index (χ0n) is 18.2. The molecule has 0 aromatic heterocycles. The maximum Gasteiger partial charge on any atom is 0.323 e. The first kappa shape index (κ1) is 20.0. The highest BCUT2D eigenvalue weighted by molar-refractivity contribution is 5.84. The normalized spacial score (nSPS) is 48.1. The molecule has 7 nitrogen and oxygen atoms in total. The van der Waals surface area contributed by atoms with E-state index < -0.39 is 11.6 Å². The summed E-state index contributed by atoms with van der Waals surface area (Å²) in [7, 11) is 0. The largest absolute Gasteiger partial charge is 0.458 e. The molecule has 4 bridgehead atoms. The quantitative estimate of drug-likeness (QED) is 0.664. The van der Waals surface area contributed by atoms with Gasteiger partial charge >= 0.3 is 5.97 Å². The molecule has 5 aliphatic carbocycles. The number of nitrogens with zero attached hydrogens (tertiary/aromatic N) is 2. The van der Waals surface area contributed by atoms with Gasteiger partial charge in [-0.25, -0.2) is 0 Å². The number of ether oxygens (including phenoxy) is 1. The Kier molecular flexibility index (Phi) is 4.46. The fourth-order valence-corrected chi connectivity index (χ4v) is 8.38. The van der Waals surface area contributed by atoms with Gasteiger partial charge in [-0.05, 0) is 93.9 Å². The van der Waals surface area contributed by atoms with Gasteiger partial charge in [-0.15, -0.1) is 0 Å². The number of nitriles is 1. The highest BCUT2D eigenvalue weighted by Gasteiger charge is 2.64. The molecule has 31 heavy (non-hydrogen) atoms. The summed E-state index contributed by atoms with van der Waals surface area (Å²) in [6, 6.07) is 1.44. The number of hydrogen-bond donors (Lipinski definition) is 2. The minimum atomic E-state index is -0.598. The number of carbonyl (C=O) groups is 2. The van der Waals surface area contributed by atoms with Crippen molar-refractivity contribution in [3.8, 4) is 6.07 Å². The Labute approximate surface area is 184 Å². The predicted molar refractivity (Wildman–Crippen MR) is 112 cm³/mol. The Morgan fingerprint density at radius 2 is 1.90 bits per heavy atom. The molecule has 2 saturated heterocycles. The molecule has 0 radical (unpaired) electrons. The van der Waals surface area contributed by atoms with Crippen LogP contribution >= 0.6 is 0 Å². The van der Waals surface area contributed by atoms with Gasteiger partial charge in [0.15, 0.2) is 0 Å². The lowest BCUT2D eigenvalue weighted by atomic mass is 9.46. The number of fused-ring (bicyclic) bond motifs is 1. The standard InChI is InChI=1S/C24H34N4O3/c25-12-17-6-16-7-19(16)28(17)21(29)20(26)23-8-14-5-15(9-23)11-24(10-14,13-23)31-22(30)18-3-1-2-4-27-18/h14-20,27H,1-11,13,26H2/t14?,15?,16-,17+,18-,19+,20-,23?,24?/m1/s1. The minimum Gasteiger partial charge on any atom is -0.458 e. The summed E-state index contributed by atoms with van der Waals surface area (Å²) >= 11 is 0. The molecule has 7 aliphatic rings. The maximum absolute atomic E-state index is 13.6. The van der Waals surface area contributed by atoms with Crippen molar-refractivity contribution in [2.24, 2.45) is 28.9 Å². The number of likely N-dealkylation sites (tertiary alicyclic amines) is 1. The number of piperidine rings is 2. The van der Waals surface area contributed by atoms with Crippen molar-refractivity contribution in [1.29, 1.82) is 5.26 Å². The van der Waals surface area contributed by atoms with Crippen LogP contribution in [0.4, 0.5) is 0 Å². The first-order valence-electron chi connectivity index (χ1n) is 12.4. The van der Waals surface area contributed by atoms with Gasteiger partial charge in [0, 0.05) is 6.04 Å². The zero-order valence-corrected chi connectivity index (χ0v) is 18.2. The molecule has 3 N–H and O–H groups in total. The van der Waals surface area contributed by atoms with E-state index in [1.54, 1.807) is 0 Å². The van der Waals surface area contributed by atoms with Gasteiger partial charge in [-0.2, -0.15) is 5.26 Å². The summed E-state index contributed by atoms with van der Waals surface area (Å²) in [5.74, 6) is 1.31. The van der Waals surface area contributed by atoms with Crippen molar-refractivity contribution in [1.82, 2.24) is 10.2 Å². The van der Waals surface area contributed by atoms with Crippen LogP contribution in [0.1, 0.15) is 70.6 Å². The third-order valence-electron chi connectivity index (χ3n) is 9.40. The smallest absolute Gasteiger partial charge is 0.323 e. The van der Waals surface area contributed by atoms with E-state index >= 15 is 0 Å². The van der Waals surface area contributed by atoms with Crippen LogP contribution < -0.4 is 11.1 Å². The van der Waals surface area contributed by atoms with Gasteiger partial charge in [-0.3, -0.25) is 9.59 Å². The van der Waals surface area contributed by atoms with Crippen LogP contribution in [0.25, 0.3) is 0 Å². The maximum atomic E-state index is 13.6. The Hall–Kier alpha value is -1.65. The van der Waals surface area contributed by atoms with Crippen molar-refractivity contribution in [2.45, 2.75) is 100 Å². The monoisotopic (exact) mass is 426 g/mol. The molecule has 2 heterocycles. The molecule has 7 atom stereocenters. The van der Waals surface area contributed by atoms with Crippen molar-refractivity contribution in [2.75, 3.05) is 6.54 Å². The minimum absolute atomic E-state index is 0.0334. The lowest BCUT2D eigenvalue weighted by Gasteiger charge is -2.62. The first-order chi connectivity index (χ1) is 14.9. The fourth-order valence-electron chi connectivity index (χ4n) is 8.38. The second kappa shape index (κ2) is 6.92. The topological polar surface area (TPSA) is 108 Å².